The van der Waals surface area contributed by atoms with Gasteiger partial charge in [-0.2, -0.15) is 0 Å². The van der Waals surface area contributed by atoms with Crippen molar-refractivity contribution in [3.63, 3.8) is 0 Å². The average molecular weight is 311 g/mol. The molecule has 0 amide bonds. The number of rotatable bonds is 5. The molecule has 1 aromatic carbocycles. The molecule has 0 bridgehead atoms. The van der Waals surface area contributed by atoms with Crippen molar-refractivity contribution in [2.45, 2.75) is 58.2 Å². The van der Waals surface area contributed by atoms with E-state index in [2.05, 4.69) is 43.9 Å². The molecule has 21 heavy (non-hydrogen) atoms. The van der Waals surface area contributed by atoms with Gasteiger partial charge in [0.05, 0.1) is 29.5 Å². The third kappa shape index (κ3) is 4.12. The van der Waals surface area contributed by atoms with Gasteiger partial charge in [0, 0.05) is 12.6 Å². The van der Waals surface area contributed by atoms with E-state index in [1.165, 1.54) is 5.56 Å². The van der Waals surface area contributed by atoms with Crippen LogP contribution in [-0.4, -0.2) is 31.3 Å². The Hall–Kier alpha value is -0.770. The molecule has 0 saturated carbocycles. The van der Waals surface area contributed by atoms with Crippen LogP contribution in [0.15, 0.2) is 18.2 Å². The highest BCUT2D eigenvalue weighted by Crippen LogP contribution is 2.31. The first-order chi connectivity index (χ1) is 10.0. The lowest BCUT2D eigenvalue weighted by Crippen LogP contribution is -2.48. The second-order valence-electron chi connectivity index (χ2n) is 6.02. The van der Waals surface area contributed by atoms with E-state index < -0.39 is 0 Å². The van der Waals surface area contributed by atoms with E-state index >= 15 is 0 Å². The SMILES string of the molecule is CCC(N)Cc1ccc(N2CC(C)OCC2CC)c(Cl)c1. The van der Waals surface area contributed by atoms with E-state index in [0.717, 1.165) is 43.1 Å². The van der Waals surface area contributed by atoms with Gasteiger partial charge < -0.3 is 15.4 Å². The fraction of sp³-hybridized carbons (Fsp3) is 0.647. The molecule has 0 radical (unpaired) electrons. The molecule has 4 heteroatoms. The Bertz CT molecular complexity index is 466. The first-order valence-corrected chi connectivity index (χ1v) is 8.35. The van der Waals surface area contributed by atoms with Crippen molar-refractivity contribution in [3.8, 4) is 0 Å². The van der Waals surface area contributed by atoms with Gasteiger partial charge in [-0.15, -0.1) is 0 Å². The smallest absolute Gasteiger partial charge is 0.0723 e. The van der Waals surface area contributed by atoms with E-state index in [1.54, 1.807) is 0 Å². The van der Waals surface area contributed by atoms with E-state index in [9.17, 15) is 0 Å². The molecule has 1 fully saturated rings. The van der Waals surface area contributed by atoms with Crippen molar-refractivity contribution in [1.82, 2.24) is 0 Å². The van der Waals surface area contributed by atoms with Gasteiger partial charge in [0.1, 0.15) is 0 Å². The minimum Gasteiger partial charge on any atom is -0.375 e. The second-order valence-corrected chi connectivity index (χ2v) is 6.42. The molecule has 3 unspecified atom stereocenters. The number of halogens is 1. The number of morpholine rings is 1. The summed E-state index contributed by atoms with van der Waals surface area (Å²) >= 11 is 6.54. The molecule has 1 aliphatic heterocycles. The van der Waals surface area contributed by atoms with Crippen LogP contribution in [0.1, 0.15) is 39.2 Å². The topological polar surface area (TPSA) is 38.5 Å². The Kier molecular flexibility index (Phi) is 5.91. The molecule has 0 aromatic heterocycles. The standard InChI is InChI=1S/C17H27ClN2O/c1-4-14(19)8-13-6-7-17(16(18)9-13)20-10-12(3)21-11-15(20)5-2/h6-7,9,12,14-15H,4-5,8,10-11,19H2,1-3H3. The van der Waals surface area contributed by atoms with Gasteiger partial charge >= 0.3 is 0 Å². The minimum atomic E-state index is 0.207. The highest BCUT2D eigenvalue weighted by Gasteiger charge is 2.27. The quantitative estimate of drug-likeness (QED) is 0.902. The number of ether oxygens (including phenoxy) is 1. The van der Waals surface area contributed by atoms with Gasteiger partial charge in [-0.05, 0) is 43.9 Å². The van der Waals surface area contributed by atoms with E-state index in [0.29, 0.717) is 6.04 Å². The molecule has 0 aliphatic carbocycles. The summed E-state index contributed by atoms with van der Waals surface area (Å²) in [5, 5.41) is 0.823. The molecule has 3 atom stereocenters. The zero-order chi connectivity index (χ0) is 15.4. The molecule has 0 spiro atoms. The first kappa shape index (κ1) is 16.6. The molecular weight excluding hydrogens is 284 g/mol. The predicted octanol–water partition coefficient (Wildman–Crippen LogP) is 3.62. The lowest BCUT2D eigenvalue weighted by molar-refractivity contribution is 0.0300. The predicted molar refractivity (Wildman–Crippen MR) is 90.3 cm³/mol. The number of benzene rings is 1. The number of hydrogen-bond donors (Lipinski definition) is 1. The maximum absolute atomic E-state index is 6.54. The number of hydrogen-bond acceptors (Lipinski definition) is 3. The third-order valence-corrected chi connectivity index (χ3v) is 4.59. The zero-order valence-corrected chi connectivity index (χ0v) is 14.1. The average Bonchev–Trinajstić information content (AvgIpc) is 2.47. The normalized spacial score (nSPS) is 24.1. The summed E-state index contributed by atoms with van der Waals surface area (Å²) in [4.78, 5) is 2.39. The summed E-state index contributed by atoms with van der Waals surface area (Å²) < 4.78 is 5.76. The fourth-order valence-electron chi connectivity index (χ4n) is 2.83. The Labute approximate surface area is 133 Å². The van der Waals surface area contributed by atoms with E-state index in [-0.39, 0.29) is 12.1 Å². The van der Waals surface area contributed by atoms with Crippen molar-refractivity contribution < 1.29 is 4.74 Å². The van der Waals surface area contributed by atoms with Crippen molar-refractivity contribution in [2.24, 2.45) is 5.73 Å². The van der Waals surface area contributed by atoms with Crippen LogP contribution in [-0.2, 0) is 11.2 Å². The van der Waals surface area contributed by atoms with E-state index in [1.807, 2.05) is 0 Å². The Morgan fingerprint density at radius 2 is 2.19 bits per heavy atom. The Morgan fingerprint density at radius 3 is 2.81 bits per heavy atom. The van der Waals surface area contributed by atoms with Gasteiger partial charge in [-0.25, -0.2) is 0 Å². The van der Waals surface area contributed by atoms with Crippen molar-refractivity contribution in [3.05, 3.63) is 28.8 Å². The van der Waals surface area contributed by atoms with Crippen molar-refractivity contribution >= 4 is 17.3 Å². The van der Waals surface area contributed by atoms with Gasteiger partial charge in [-0.3, -0.25) is 0 Å². The van der Waals surface area contributed by atoms with Crippen LogP contribution >= 0.6 is 11.6 Å². The third-order valence-electron chi connectivity index (χ3n) is 4.28. The van der Waals surface area contributed by atoms with Crippen LogP contribution in [0.25, 0.3) is 0 Å². The monoisotopic (exact) mass is 310 g/mol. The molecule has 2 rings (SSSR count). The summed E-state index contributed by atoms with van der Waals surface area (Å²) in [6.07, 6.45) is 3.17. The highest BCUT2D eigenvalue weighted by atomic mass is 35.5. The largest absolute Gasteiger partial charge is 0.375 e. The van der Waals surface area contributed by atoms with Gasteiger partial charge in [0.2, 0.25) is 0 Å². The maximum atomic E-state index is 6.54. The van der Waals surface area contributed by atoms with Crippen molar-refractivity contribution in [1.29, 1.82) is 0 Å². The maximum Gasteiger partial charge on any atom is 0.0723 e. The van der Waals surface area contributed by atoms with Crippen LogP contribution in [0, 0.1) is 0 Å². The molecule has 1 saturated heterocycles. The van der Waals surface area contributed by atoms with Crippen LogP contribution in [0.5, 0.6) is 0 Å². The molecule has 1 aromatic rings. The van der Waals surface area contributed by atoms with Gasteiger partial charge in [-0.1, -0.05) is 31.5 Å². The summed E-state index contributed by atoms with van der Waals surface area (Å²) in [7, 11) is 0. The molecular formula is C17H27ClN2O. The zero-order valence-electron chi connectivity index (χ0n) is 13.3. The summed E-state index contributed by atoms with van der Waals surface area (Å²) in [6.45, 7) is 8.09. The summed E-state index contributed by atoms with van der Waals surface area (Å²) in [5.74, 6) is 0. The minimum absolute atomic E-state index is 0.207. The molecule has 1 aliphatic rings. The summed E-state index contributed by atoms with van der Waals surface area (Å²) in [6, 6.07) is 6.98. The van der Waals surface area contributed by atoms with Crippen molar-refractivity contribution in [2.75, 3.05) is 18.1 Å². The molecule has 3 nitrogen and oxygen atoms in total. The lowest BCUT2D eigenvalue weighted by atomic mass is 10.0. The van der Waals surface area contributed by atoms with E-state index in [4.69, 9.17) is 22.1 Å². The molecule has 118 valence electrons. The van der Waals surface area contributed by atoms with Crippen LogP contribution in [0.4, 0.5) is 5.69 Å². The first-order valence-electron chi connectivity index (χ1n) is 7.97. The lowest BCUT2D eigenvalue weighted by Gasteiger charge is -2.40. The highest BCUT2D eigenvalue weighted by molar-refractivity contribution is 6.33. The van der Waals surface area contributed by atoms with Crippen LogP contribution < -0.4 is 10.6 Å². The van der Waals surface area contributed by atoms with Crippen LogP contribution in [0.3, 0.4) is 0 Å². The van der Waals surface area contributed by atoms with Gasteiger partial charge in [0.25, 0.3) is 0 Å². The molecule has 2 N–H and O–H groups in total. The molecule has 1 heterocycles. The number of nitrogens with zero attached hydrogens (tertiary/aromatic N) is 1. The fourth-order valence-corrected chi connectivity index (χ4v) is 3.15. The summed E-state index contributed by atoms with van der Waals surface area (Å²) in [5.41, 5.74) is 8.36. The second kappa shape index (κ2) is 7.48. The van der Waals surface area contributed by atoms with Gasteiger partial charge in [0.15, 0.2) is 0 Å². The van der Waals surface area contributed by atoms with Crippen LogP contribution in [0.2, 0.25) is 5.02 Å². The number of nitrogens with two attached hydrogens (primary N) is 1. The number of anilines is 1. The Morgan fingerprint density at radius 1 is 1.43 bits per heavy atom. The Balaban J connectivity index is 2.18.